The van der Waals surface area contributed by atoms with Crippen LogP contribution in [0.25, 0.3) is 11.4 Å². The number of halogens is 4. The van der Waals surface area contributed by atoms with Crippen molar-refractivity contribution >= 4 is 22.6 Å². The summed E-state index contributed by atoms with van der Waals surface area (Å²) in [5.74, 6) is -0.938. The molecule has 3 rings (SSSR count). The summed E-state index contributed by atoms with van der Waals surface area (Å²) in [6, 6.07) is 6.12. The first kappa shape index (κ1) is 17.0. The molecule has 0 atom stereocenters. The van der Waals surface area contributed by atoms with E-state index in [9.17, 15) is 22.4 Å². The largest absolute Gasteiger partial charge is 0.417 e. The van der Waals surface area contributed by atoms with E-state index in [1.165, 1.54) is 24.3 Å². The summed E-state index contributed by atoms with van der Waals surface area (Å²) in [6.07, 6.45) is -2.94. The molecule has 3 aromatic rings. The van der Waals surface area contributed by atoms with E-state index < -0.39 is 23.5 Å². The van der Waals surface area contributed by atoms with Crippen molar-refractivity contribution in [2.24, 2.45) is 0 Å². The molecule has 10 heteroatoms. The molecule has 1 amide bonds. The summed E-state index contributed by atoms with van der Waals surface area (Å²) in [4.78, 5) is 19.5. The minimum Gasteiger partial charge on any atom is -0.297 e. The third-order valence-corrected chi connectivity index (χ3v) is 3.71. The summed E-state index contributed by atoms with van der Waals surface area (Å²) in [7, 11) is 0. The van der Waals surface area contributed by atoms with Gasteiger partial charge >= 0.3 is 6.18 Å². The number of hydrogen-bond acceptors (Lipinski definition) is 5. The van der Waals surface area contributed by atoms with E-state index in [4.69, 9.17) is 0 Å². The van der Waals surface area contributed by atoms with Crippen LogP contribution >= 0.6 is 11.5 Å². The average molecular weight is 368 g/mol. The number of alkyl halides is 3. The van der Waals surface area contributed by atoms with Crippen LogP contribution < -0.4 is 5.32 Å². The van der Waals surface area contributed by atoms with Gasteiger partial charge in [-0.3, -0.25) is 15.1 Å². The van der Waals surface area contributed by atoms with Crippen LogP contribution in [-0.2, 0) is 6.18 Å². The monoisotopic (exact) mass is 368 g/mol. The van der Waals surface area contributed by atoms with E-state index >= 15 is 0 Å². The highest BCUT2D eigenvalue weighted by molar-refractivity contribution is 7.10. The van der Waals surface area contributed by atoms with Gasteiger partial charge in [-0.25, -0.2) is 4.39 Å². The van der Waals surface area contributed by atoms with Gasteiger partial charge in [0, 0.05) is 29.5 Å². The van der Waals surface area contributed by atoms with Gasteiger partial charge in [0.2, 0.25) is 5.13 Å². The normalized spacial score (nSPS) is 11.4. The van der Waals surface area contributed by atoms with E-state index in [1.54, 1.807) is 0 Å². The molecule has 0 aliphatic heterocycles. The molecule has 2 heterocycles. The maximum atomic E-state index is 12.9. The molecule has 5 nitrogen and oxygen atoms in total. The number of nitrogens with zero attached hydrogens (tertiary/aromatic N) is 3. The molecular formula is C15H8F4N4OS. The maximum absolute atomic E-state index is 12.9. The number of pyridine rings is 1. The Morgan fingerprint density at radius 2 is 1.84 bits per heavy atom. The van der Waals surface area contributed by atoms with Gasteiger partial charge in [-0.2, -0.15) is 22.5 Å². The molecule has 0 radical (unpaired) electrons. The van der Waals surface area contributed by atoms with Crippen molar-refractivity contribution in [2.45, 2.75) is 6.18 Å². The number of aromatic nitrogens is 3. The Hall–Kier alpha value is -2.88. The lowest BCUT2D eigenvalue weighted by Gasteiger charge is -2.07. The summed E-state index contributed by atoms with van der Waals surface area (Å²) in [6.45, 7) is 0. The molecule has 25 heavy (non-hydrogen) atoms. The van der Waals surface area contributed by atoms with Gasteiger partial charge in [-0.05, 0) is 30.3 Å². The Morgan fingerprint density at radius 3 is 2.52 bits per heavy atom. The van der Waals surface area contributed by atoms with Gasteiger partial charge in [0.25, 0.3) is 5.91 Å². The molecule has 0 bridgehead atoms. The average Bonchev–Trinajstić information content (AvgIpc) is 3.03. The van der Waals surface area contributed by atoms with Crippen molar-refractivity contribution in [2.75, 3.05) is 5.32 Å². The van der Waals surface area contributed by atoms with E-state index in [0.717, 1.165) is 17.7 Å². The van der Waals surface area contributed by atoms with E-state index in [-0.39, 0.29) is 16.5 Å². The highest BCUT2D eigenvalue weighted by Gasteiger charge is 2.31. The maximum Gasteiger partial charge on any atom is 0.417 e. The van der Waals surface area contributed by atoms with Crippen LogP contribution in [0, 0.1) is 5.82 Å². The molecule has 0 saturated heterocycles. The topological polar surface area (TPSA) is 67.8 Å². The Labute approximate surface area is 142 Å². The highest BCUT2D eigenvalue weighted by atomic mass is 32.1. The number of benzene rings is 1. The quantitative estimate of drug-likeness (QED) is 0.710. The van der Waals surface area contributed by atoms with Gasteiger partial charge < -0.3 is 0 Å². The van der Waals surface area contributed by atoms with Crippen LogP contribution in [0.1, 0.15) is 15.9 Å². The zero-order chi connectivity index (χ0) is 18.0. The lowest BCUT2D eigenvalue weighted by molar-refractivity contribution is -0.137. The van der Waals surface area contributed by atoms with Crippen LogP contribution in [0.3, 0.4) is 0 Å². The second kappa shape index (κ2) is 6.55. The summed E-state index contributed by atoms with van der Waals surface area (Å²) < 4.78 is 54.9. The first-order valence-electron chi connectivity index (χ1n) is 6.76. The Kier molecular flexibility index (Phi) is 4.45. The van der Waals surface area contributed by atoms with Crippen molar-refractivity contribution in [3.05, 3.63) is 59.7 Å². The van der Waals surface area contributed by atoms with Gasteiger partial charge in [0.05, 0.1) is 11.1 Å². The molecule has 0 aliphatic carbocycles. The van der Waals surface area contributed by atoms with Crippen LogP contribution in [0.5, 0.6) is 0 Å². The van der Waals surface area contributed by atoms with Crippen molar-refractivity contribution in [3.63, 3.8) is 0 Å². The predicted molar refractivity (Wildman–Crippen MR) is 82.5 cm³/mol. The van der Waals surface area contributed by atoms with Crippen molar-refractivity contribution in [1.82, 2.24) is 14.3 Å². The van der Waals surface area contributed by atoms with Gasteiger partial charge in [-0.15, -0.1) is 0 Å². The molecule has 0 aliphatic rings. The zero-order valence-corrected chi connectivity index (χ0v) is 13.0. The van der Waals surface area contributed by atoms with Crippen molar-refractivity contribution in [3.8, 4) is 11.4 Å². The third-order valence-electron chi connectivity index (χ3n) is 3.08. The lowest BCUT2D eigenvalue weighted by atomic mass is 10.2. The molecule has 128 valence electrons. The number of hydrogen-bond donors (Lipinski definition) is 1. The number of amides is 1. The van der Waals surface area contributed by atoms with E-state index in [0.29, 0.717) is 17.8 Å². The molecule has 0 saturated carbocycles. The molecule has 0 unspecified atom stereocenters. The van der Waals surface area contributed by atoms with Gasteiger partial charge in [-0.1, -0.05) is 0 Å². The summed E-state index contributed by atoms with van der Waals surface area (Å²) in [5.41, 5.74) is -0.739. The van der Waals surface area contributed by atoms with Crippen LogP contribution in [0.15, 0.2) is 42.7 Å². The van der Waals surface area contributed by atoms with Crippen LogP contribution in [-0.4, -0.2) is 20.2 Å². The molecule has 1 aromatic carbocycles. The number of carbonyl (C=O) groups excluding carboxylic acids is 1. The Morgan fingerprint density at radius 1 is 1.12 bits per heavy atom. The van der Waals surface area contributed by atoms with Crippen LogP contribution in [0.4, 0.5) is 22.7 Å². The number of rotatable bonds is 3. The molecule has 1 N–H and O–H groups in total. The Balaban J connectivity index is 1.77. The fraction of sp³-hybridized carbons (Fsp3) is 0.0667. The minimum absolute atomic E-state index is 0.0988. The highest BCUT2D eigenvalue weighted by Crippen LogP contribution is 2.29. The SMILES string of the molecule is O=C(Nc1nc(-c2ccc(F)cc2)ns1)c1cncc(C(F)(F)F)c1. The minimum atomic E-state index is -4.60. The van der Waals surface area contributed by atoms with Crippen molar-refractivity contribution < 1.29 is 22.4 Å². The van der Waals surface area contributed by atoms with E-state index in [1.807, 2.05) is 0 Å². The number of anilines is 1. The second-order valence-corrected chi connectivity index (χ2v) is 5.60. The smallest absolute Gasteiger partial charge is 0.297 e. The first-order valence-corrected chi connectivity index (χ1v) is 7.53. The van der Waals surface area contributed by atoms with Gasteiger partial charge in [0.15, 0.2) is 5.82 Å². The summed E-state index contributed by atoms with van der Waals surface area (Å²) >= 11 is 0.852. The van der Waals surface area contributed by atoms with Crippen LogP contribution in [0.2, 0.25) is 0 Å². The predicted octanol–water partition coefficient (Wildman–Crippen LogP) is 4.01. The number of nitrogens with one attached hydrogen (secondary N) is 1. The fourth-order valence-electron chi connectivity index (χ4n) is 1.88. The number of carbonyl (C=O) groups is 1. The lowest BCUT2D eigenvalue weighted by Crippen LogP contribution is -2.14. The second-order valence-electron chi connectivity index (χ2n) is 4.84. The molecule has 0 fully saturated rings. The van der Waals surface area contributed by atoms with Gasteiger partial charge in [0.1, 0.15) is 5.82 Å². The molecule has 0 spiro atoms. The van der Waals surface area contributed by atoms with E-state index in [2.05, 4.69) is 19.7 Å². The molecule has 2 aromatic heterocycles. The zero-order valence-electron chi connectivity index (χ0n) is 12.2. The molecular weight excluding hydrogens is 360 g/mol. The fourth-order valence-corrected chi connectivity index (χ4v) is 2.46. The summed E-state index contributed by atoms with van der Waals surface area (Å²) in [5, 5.41) is 2.46. The first-order chi connectivity index (χ1) is 11.8. The standard InChI is InChI=1S/C15H8F4N4OS/c16-11-3-1-8(2-4-11)12-21-14(25-23-12)22-13(24)9-5-10(7-20-6-9)15(17,18)19/h1-7H,(H,21,22,23,24). The van der Waals surface area contributed by atoms with Crippen molar-refractivity contribution in [1.29, 1.82) is 0 Å². The third kappa shape index (κ3) is 3.97. The Bertz CT molecular complexity index is 908.